The van der Waals surface area contributed by atoms with Gasteiger partial charge in [-0.25, -0.2) is 4.98 Å². The minimum absolute atomic E-state index is 0.175. The van der Waals surface area contributed by atoms with Gasteiger partial charge >= 0.3 is 0 Å². The summed E-state index contributed by atoms with van der Waals surface area (Å²) in [6.45, 7) is 4.35. The minimum Gasteiger partial charge on any atom is -0.508 e. The molecule has 0 saturated carbocycles. The van der Waals surface area contributed by atoms with E-state index in [0.717, 1.165) is 35.5 Å². The number of nitrogens with zero attached hydrogens (tertiary/aromatic N) is 3. The fourth-order valence-electron chi connectivity index (χ4n) is 3.84. The van der Waals surface area contributed by atoms with Crippen LogP contribution in [0.25, 0.3) is 11.0 Å². The lowest BCUT2D eigenvalue weighted by Crippen LogP contribution is -2.26. The molecule has 2 aromatic carbocycles. The number of hydrogen-bond acceptors (Lipinski definition) is 4. The first kappa shape index (κ1) is 17.1. The third-order valence-corrected chi connectivity index (χ3v) is 5.25. The van der Waals surface area contributed by atoms with Crippen LogP contribution in [0.5, 0.6) is 5.75 Å². The molecule has 3 aromatic rings. The van der Waals surface area contributed by atoms with Crippen LogP contribution < -0.4 is 5.73 Å². The molecule has 0 radical (unpaired) electrons. The van der Waals surface area contributed by atoms with Crippen molar-refractivity contribution in [3.8, 4) is 5.75 Å². The van der Waals surface area contributed by atoms with Crippen molar-refractivity contribution < 1.29 is 5.11 Å². The number of fused-ring (bicyclic) bond motifs is 1. The number of benzene rings is 2. The molecule has 3 N–H and O–H groups in total. The second-order valence-electron chi connectivity index (χ2n) is 7.14. The Bertz CT molecular complexity index is 865. The van der Waals surface area contributed by atoms with E-state index in [0.29, 0.717) is 6.42 Å². The van der Waals surface area contributed by atoms with Crippen molar-refractivity contribution in [1.82, 2.24) is 14.5 Å². The topological polar surface area (TPSA) is 67.3 Å². The highest BCUT2D eigenvalue weighted by atomic mass is 16.3. The summed E-state index contributed by atoms with van der Waals surface area (Å²) in [6.07, 6.45) is 3.31. The zero-order valence-electron chi connectivity index (χ0n) is 15.0. The molecule has 1 atom stereocenters. The fourth-order valence-corrected chi connectivity index (χ4v) is 3.84. The quantitative estimate of drug-likeness (QED) is 0.717. The molecule has 1 aliphatic rings. The van der Waals surface area contributed by atoms with Crippen LogP contribution in [0, 0.1) is 0 Å². The molecule has 4 rings (SSSR count). The monoisotopic (exact) mass is 350 g/mol. The summed E-state index contributed by atoms with van der Waals surface area (Å²) in [7, 11) is 0. The second-order valence-corrected chi connectivity index (χ2v) is 7.14. The molecule has 5 heteroatoms. The Kier molecular flexibility index (Phi) is 4.91. The maximum Gasteiger partial charge on any atom is 0.127 e. The molecular weight excluding hydrogens is 324 g/mol. The van der Waals surface area contributed by atoms with E-state index < -0.39 is 0 Å². The largest absolute Gasteiger partial charge is 0.508 e. The van der Waals surface area contributed by atoms with E-state index in [1.54, 1.807) is 12.1 Å². The van der Waals surface area contributed by atoms with Crippen LogP contribution in [0.1, 0.15) is 30.3 Å². The highest BCUT2D eigenvalue weighted by Gasteiger charge is 2.19. The number of aromatic nitrogens is 2. The predicted molar refractivity (Wildman–Crippen MR) is 104 cm³/mol. The Morgan fingerprint density at radius 1 is 1.00 bits per heavy atom. The van der Waals surface area contributed by atoms with Gasteiger partial charge in [0, 0.05) is 13.1 Å². The number of phenolic OH excluding ortho intramolecular Hbond substituents is 1. The summed E-state index contributed by atoms with van der Waals surface area (Å²) in [5.74, 6) is 1.22. The molecule has 1 aliphatic heterocycles. The van der Waals surface area contributed by atoms with Crippen molar-refractivity contribution in [2.24, 2.45) is 5.73 Å². The summed E-state index contributed by atoms with van der Waals surface area (Å²) < 4.78 is 2.29. The molecule has 5 nitrogen and oxygen atoms in total. The van der Waals surface area contributed by atoms with E-state index in [1.807, 2.05) is 18.2 Å². The van der Waals surface area contributed by atoms with E-state index in [2.05, 4.69) is 27.7 Å². The van der Waals surface area contributed by atoms with Gasteiger partial charge in [0.05, 0.1) is 17.1 Å². The van der Waals surface area contributed by atoms with E-state index >= 15 is 0 Å². The Morgan fingerprint density at radius 2 is 1.73 bits per heavy atom. The van der Waals surface area contributed by atoms with Gasteiger partial charge in [0.1, 0.15) is 11.6 Å². The highest BCUT2D eigenvalue weighted by molar-refractivity contribution is 5.76. The third-order valence-electron chi connectivity index (χ3n) is 5.25. The van der Waals surface area contributed by atoms with Crippen LogP contribution in [-0.2, 0) is 13.0 Å². The zero-order valence-corrected chi connectivity index (χ0v) is 15.0. The van der Waals surface area contributed by atoms with Gasteiger partial charge in [0.2, 0.25) is 0 Å². The summed E-state index contributed by atoms with van der Waals surface area (Å²) in [6, 6.07) is 15.4. The molecule has 1 unspecified atom stereocenters. The molecule has 0 amide bonds. The van der Waals surface area contributed by atoms with Gasteiger partial charge < -0.3 is 20.3 Å². The van der Waals surface area contributed by atoms with E-state index in [-0.39, 0.29) is 11.8 Å². The summed E-state index contributed by atoms with van der Waals surface area (Å²) in [4.78, 5) is 7.36. The average Bonchev–Trinajstić information content (AvgIpc) is 3.29. The first-order valence-corrected chi connectivity index (χ1v) is 9.42. The van der Waals surface area contributed by atoms with Crippen LogP contribution in [0.4, 0.5) is 0 Å². The van der Waals surface area contributed by atoms with Gasteiger partial charge in [-0.3, -0.25) is 0 Å². The van der Waals surface area contributed by atoms with Crippen LogP contribution >= 0.6 is 0 Å². The molecule has 1 fully saturated rings. The van der Waals surface area contributed by atoms with Gasteiger partial charge in [-0.1, -0.05) is 24.3 Å². The number of aromatic hydroxyl groups is 1. The number of nitrogens with two attached hydrogens (primary N) is 1. The summed E-state index contributed by atoms with van der Waals surface area (Å²) in [5, 5.41) is 9.47. The van der Waals surface area contributed by atoms with Crippen molar-refractivity contribution in [2.45, 2.75) is 31.8 Å². The summed E-state index contributed by atoms with van der Waals surface area (Å²) >= 11 is 0. The zero-order chi connectivity index (χ0) is 17.9. The standard InChI is InChI=1S/C21H26N4O/c22-18(15-16-7-9-17(26)10-8-16)21-23-19-5-1-2-6-20(19)25(21)14-13-24-11-3-4-12-24/h1-2,5-10,18,26H,3-4,11-15,22H2. The number of imidazole rings is 1. The van der Waals surface area contributed by atoms with Gasteiger partial charge in [0.15, 0.2) is 0 Å². The minimum atomic E-state index is -0.175. The van der Waals surface area contributed by atoms with E-state index in [9.17, 15) is 5.11 Å². The SMILES string of the molecule is NC(Cc1ccc(O)cc1)c1nc2ccccc2n1CCN1CCCC1. The number of rotatable bonds is 6. The molecule has 1 saturated heterocycles. The van der Waals surface area contributed by atoms with Crippen LogP contribution in [0.2, 0.25) is 0 Å². The van der Waals surface area contributed by atoms with E-state index in [1.165, 1.54) is 25.9 Å². The molecule has 2 heterocycles. The predicted octanol–water partition coefficient (Wildman–Crippen LogP) is 3.08. The normalized spacial score (nSPS) is 16.3. The Labute approximate surface area is 154 Å². The lowest BCUT2D eigenvalue weighted by molar-refractivity contribution is 0.321. The van der Waals surface area contributed by atoms with Crippen molar-refractivity contribution in [3.05, 3.63) is 59.9 Å². The number of phenols is 1. The molecule has 26 heavy (non-hydrogen) atoms. The smallest absolute Gasteiger partial charge is 0.127 e. The van der Waals surface area contributed by atoms with Crippen LogP contribution in [0.15, 0.2) is 48.5 Å². The molecular formula is C21H26N4O. The Hall–Kier alpha value is -2.37. The number of para-hydroxylation sites is 2. The third kappa shape index (κ3) is 3.59. The van der Waals surface area contributed by atoms with E-state index in [4.69, 9.17) is 10.7 Å². The number of likely N-dealkylation sites (tertiary alicyclic amines) is 1. The fraction of sp³-hybridized carbons (Fsp3) is 0.381. The summed E-state index contributed by atoms with van der Waals surface area (Å²) in [5.41, 5.74) is 9.82. The van der Waals surface area contributed by atoms with Crippen molar-refractivity contribution in [3.63, 3.8) is 0 Å². The van der Waals surface area contributed by atoms with Gasteiger partial charge in [0.25, 0.3) is 0 Å². The maximum atomic E-state index is 9.47. The molecule has 0 bridgehead atoms. The van der Waals surface area contributed by atoms with Crippen molar-refractivity contribution >= 4 is 11.0 Å². The van der Waals surface area contributed by atoms with Crippen molar-refractivity contribution in [1.29, 1.82) is 0 Å². The average molecular weight is 350 g/mol. The second kappa shape index (κ2) is 7.48. The first-order chi connectivity index (χ1) is 12.7. The highest BCUT2D eigenvalue weighted by Crippen LogP contribution is 2.23. The van der Waals surface area contributed by atoms with Crippen LogP contribution in [-0.4, -0.2) is 39.2 Å². The van der Waals surface area contributed by atoms with Crippen LogP contribution in [0.3, 0.4) is 0 Å². The first-order valence-electron chi connectivity index (χ1n) is 9.42. The van der Waals surface area contributed by atoms with Gasteiger partial charge in [-0.05, 0) is 62.2 Å². The van der Waals surface area contributed by atoms with Gasteiger partial charge in [-0.2, -0.15) is 0 Å². The number of hydrogen-bond donors (Lipinski definition) is 2. The molecule has 0 aliphatic carbocycles. The Morgan fingerprint density at radius 3 is 2.50 bits per heavy atom. The molecule has 136 valence electrons. The lowest BCUT2D eigenvalue weighted by atomic mass is 10.1. The lowest BCUT2D eigenvalue weighted by Gasteiger charge is -2.19. The van der Waals surface area contributed by atoms with Gasteiger partial charge in [-0.15, -0.1) is 0 Å². The maximum absolute atomic E-state index is 9.47. The Balaban J connectivity index is 1.59. The molecule has 0 spiro atoms. The molecule has 1 aromatic heterocycles. The van der Waals surface area contributed by atoms with Crippen molar-refractivity contribution in [2.75, 3.05) is 19.6 Å².